The molecule has 0 amide bonds. The maximum Gasteiger partial charge on any atom is 0.0345 e. The summed E-state index contributed by atoms with van der Waals surface area (Å²) in [6.45, 7) is 7.82. The van der Waals surface area contributed by atoms with Crippen LogP contribution in [0.2, 0.25) is 0 Å². The van der Waals surface area contributed by atoms with E-state index in [1.54, 1.807) is 0 Å². The Balaban J connectivity index is 0.000000187. The first kappa shape index (κ1) is 15.2. The Kier molecular flexibility index (Phi) is 6.99. The minimum atomic E-state index is 0.852. The summed E-state index contributed by atoms with van der Waals surface area (Å²) in [5.41, 5.74) is 1.39. The SMILES string of the molecule is CCCC(C)CNC.Cc1csc2ccccc12. The van der Waals surface area contributed by atoms with Crippen molar-refractivity contribution >= 4 is 21.4 Å². The van der Waals surface area contributed by atoms with Gasteiger partial charge in [0.1, 0.15) is 0 Å². The molecule has 1 aromatic heterocycles. The lowest BCUT2D eigenvalue weighted by molar-refractivity contribution is 0.498. The molecule has 1 aromatic carbocycles. The quantitative estimate of drug-likeness (QED) is 0.831. The van der Waals surface area contributed by atoms with E-state index in [0.29, 0.717) is 0 Å². The Hall–Kier alpha value is -0.860. The van der Waals surface area contributed by atoms with Crippen LogP contribution in [0.1, 0.15) is 32.3 Å². The molecule has 18 heavy (non-hydrogen) atoms. The molecule has 0 fully saturated rings. The first-order valence-electron chi connectivity index (χ1n) is 6.76. The molecule has 0 aliphatic heterocycles. The lowest BCUT2D eigenvalue weighted by atomic mass is 10.1. The van der Waals surface area contributed by atoms with Gasteiger partial charge in [0.05, 0.1) is 0 Å². The predicted molar refractivity (Wildman–Crippen MR) is 84.6 cm³/mol. The van der Waals surface area contributed by atoms with Crippen molar-refractivity contribution in [1.29, 1.82) is 0 Å². The Labute approximate surface area is 115 Å². The lowest BCUT2D eigenvalue weighted by Gasteiger charge is -2.06. The highest BCUT2D eigenvalue weighted by Gasteiger charge is 1.96. The number of thiophene rings is 1. The van der Waals surface area contributed by atoms with E-state index in [0.717, 1.165) is 12.5 Å². The van der Waals surface area contributed by atoms with Crippen molar-refractivity contribution in [3.63, 3.8) is 0 Å². The molecule has 0 aliphatic rings. The van der Waals surface area contributed by atoms with Crippen LogP contribution < -0.4 is 5.32 Å². The van der Waals surface area contributed by atoms with Gasteiger partial charge in [-0.05, 0) is 55.3 Å². The number of hydrogen-bond donors (Lipinski definition) is 1. The summed E-state index contributed by atoms with van der Waals surface area (Å²) in [5.74, 6) is 0.852. The number of benzene rings is 1. The molecule has 0 spiro atoms. The molecule has 100 valence electrons. The minimum absolute atomic E-state index is 0.852. The Bertz CT molecular complexity index is 441. The molecular weight excluding hydrogens is 238 g/mol. The van der Waals surface area contributed by atoms with E-state index in [9.17, 15) is 0 Å². The van der Waals surface area contributed by atoms with Gasteiger partial charge in [-0.25, -0.2) is 0 Å². The van der Waals surface area contributed by atoms with Gasteiger partial charge in [0.15, 0.2) is 0 Å². The average molecular weight is 263 g/mol. The fraction of sp³-hybridized carbons (Fsp3) is 0.500. The van der Waals surface area contributed by atoms with Gasteiger partial charge >= 0.3 is 0 Å². The maximum absolute atomic E-state index is 3.15. The third kappa shape index (κ3) is 4.79. The molecule has 1 atom stereocenters. The molecule has 0 saturated heterocycles. The summed E-state index contributed by atoms with van der Waals surface area (Å²) >= 11 is 1.81. The van der Waals surface area contributed by atoms with E-state index in [1.165, 1.54) is 28.5 Å². The molecule has 2 rings (SSSR count). The maximum atomic E-state index is 3.15. The van der Waals surface area contributed by atoms with Crippen LogP contribution >= 0.6 is 11.3 Å². The zero-order chi connectivity index (χ0) is 13.4. The van der Waals surface area contributed by atoms with Crippen LogP contribution in [0.5, 0.6) is 0 Å². The van der Waals surface area contributed by atoms with Gasteiger partial charge in [-0.3, -0.25) is 0 Å². The Morgan fingerprint density at radius 1 is 1.28 bits per heavy atom. The molecular formula is C16H25NS. The van der Waals surface area contributed by atoms with Crippen molar-refractivity contribution in [3.8, 4) is 0 Å². The van der Waals surface area contributed by atoms with Crippen molar-refractivity contribution in [2.75, 3.05) is 13.6 Å². The highest BCUT2D eigenvalue weighted by atomic mass is 32.1. The first-order chi connectivity index (χ1) is 8.69. The molecule has 2 aromatic rings. The predicted octanol–water partition coefficient (Wildman–Crippen LogP) is 4.85. The van der Waals surface area contributed by atoms with Crippen molar-refractivity contribution < 1.29 is 0 Å². The number of rotatable bonds is 4. The normalized spacial score (nSPS) is 12.0. The molecule has 0 radical (unpaired) electrons. The number of hydrogen-bond acceptors (Lipinski definition) is 2. The second-order valence-corrected chi connectivity index (χ2v) is 5.78. The second kappa shape index (κ2) is 8.28. The van der Waals surface area contributed by atoms with Gasteiger partial charge in [0.2, 0.25) is 0 Å². The summed E-state index contributed by atoms with van der Waals surface area (Å²) < 4.78 is 1.39. The highest BCUT2D eigenvalue weighted by Crippen LogP contribution is 2.24. The van der Waals surface area contributed by atoms with Gasteiger partial charge in [0, 0.05) is 4.70 Å². The van der Waals surface area contributed by atoms with Gasteiger partial charge in [-0.1, -0.05) is 38.5 Å². The zero-order valence-electron chi connectivity index (χ0n) is 12.0. The van der Waals surface area contributed by atoms with Crippen LogP contribution in [-0.4, -0.2) is 13.6 Å². The summed E-state index contributed by atoms with van der Waals surface area (Å²) in [4.78, 5) is 0. The van der Waals surface area contributed by atoms with E-state index in [4.69, 9.17) is 0 Å². The molecule has 1 heterocycles. The van der Waals surface area contributed by atoms with Gasteiger partial charge < -0.3 is 5.32 Å². The zero-order valence-corrected chi connectivity index (χ0v) is 12.8. The fourth-order valence-electron chi connectivity index (χ4n) is 2.05. The van der Waals surface area contributed by atoms with Crippen molar-refractivity contribution in [1.82, 2.24) is 5.32 Å². The van der Waals surface area contributed by atoms with Crippen LogP contribution in [0.3, 0.4) is 0 Å². The summed E-state index contributed by atoms with van der Waals surface area (Å²) in [6, 6.07) is 8.49. The molecule has 2 heteroatoms. The lowest BCUT2D eigenvalue weighted by Crippen LogP contribution is -2.15. The van der Waals surface area contributed by atoms with Crippen LogP contribution in [0.4, 0.5) is 0 Å². The Morgan fingerprint density at radius 2 is 2.00 bits per heavy atom. The monoisotopic (exact) mass is 263 g/mol. The first-order valence-corrected chi connectivity index (χ1v) is 7.64. The van der Waals surface area contributed by atoms with Crippen molar-refractivity contribution in [2.24, 2.45) is 5.92 Å². The fourth-order valence-corrected chi connectivity index (χ4v) is 3.00. The molecule has 0 saturated carbocycles. The van der Waals surface area contributed by atoms with Crippen LogP contribution in [0, 0.1) is 12.8 Å². The van der Waals surface area contributed by atoms with Gasteiger partial charge in [0.25, 0.3) is 0 Å². The smallest absolute Gasteiger partial charge is 0.0345 e. The van der Waals surface area contributed by atoms with Crippen LogP contribution in [-0.2, 0) is 0 Å². The third-order valence-electron chi connectivity index (χ3n) is 3.01. The number of fused-ring (bicyclic) bond motifs is 1. The molecule has 1 nitrogen and oxygen atoms in total. The standard InChI is InChI=1S/C9H8S.C7H17N/c1-7-6-10-9-5-3-2-4-8(7)9;1-4-5-7(2)6-8-3/h2-6H,1H3;7-8H,4-6H2,1-3H3. The number of aryl methyl sites for hydroxylation is 1. The minimum Gasteiger partial charge on any atom is -0.319 e. The van der Waals surface area contributed by atoms with E-state index in [1.807, 2.05) is 18.4 Å². The van der Waals surface area contributed by atoms with E-state index >= 15 is 0 Å². The van der Waals surface area contributed by atoms with E-state index in [-0.39, 0.29) is 0 Å². The summed E-state index contributed by atoms with van der Waals surface area (Å²) in [7, 11) is 2.01. The largest absolute Gasteiger partial charge is 0.319 e. The molecule has 0 bridgehead atoms. The van der Waals surface area contributed by atoms with Gasteiger partial charge in [-0.15, -0.1) is 11.3 Å². The van der Waals surface area contributed by atoms with E-state index < -0.39 is 0 Å². The average Bonchev–Trinajstić information content (AvgIpc) is 2.73. The van der Waals surface area contributed by atoms with E-state index in [2.05, 4.69) is 55.7 Å². The number of nitrogens with one attached hydrogen (secondary N) is 1. The van der Waals surface area contributed by atoms with Crippen molar-refractivity contribution in [3.05, 3.63) is 35.2 Å². The Morgan fingerprint density at radius 3 is 2.61 bits per heavy atom. The molecule has 0 aliphatic carbocycles. The van der Waals surface area contributed by atoms with Crippen LogP contribution in [0.25, 0.3) is 10.1 Å². The second-order valence-electron chi connectivity index (χ2n) is 4.87. The third-order valence-corrected chi connectivity index (χ3v) is 4.09. The van der Waals surface area contributed by atoms with Gasteiger partial charge in [-0.2, -0.15) is 0 Å². The molecule has 1 unspecified atom stereocenters. The summed E-state index contributed by atoms with van der Waals surface area (Å²) in [6.07, 6.45) is 2.66. The van der Waals surface area contributed by atoms with Crippen molar-refractivity contribution in [2.45, 2.75) is 33.6 Å². The van der Waals surface area contributed by atoms with Crippen LogP contribution in [0.15, 0.2) is 29.6 Å². The molecule has 1 N–H and O–H groups in total. The topological polar surface area (TPSA) is 12.0 Å². The summed E-state index contributed by atoms with van der Waals surface area (Å²) in [5, 5.41) is 6.75. The highest BCUT2D eigenvalue weighted by molar-refractivity contribution is 7.17.